The summed E-state index contributed by atoms with van der Waals surface area (Å²) in [7, 11) is 0. The van der Waals surface area contributed by atoms with E-state index in [1.807, 2.05) is 13.1 Å². The topological polar surface area (TPSA) is 72.4 Å². The first-order valence-electron chi connectivity index (χ1n) is 5.36. The van der Waals surface area contributed by atoms with E-state index in [4.69, 9.17) is 4.42 Å². The lowest BCUT2D eigenvalue weighted by molar-refractivity contribution is 0.0923. The van der Waals surface area contributed by atoms with Gasteiger partial charge in [0.1, 0.15) is 5.01 Å². The van der Waals surface area contributed by atoms with E-state index in [1.165, 1.54) is 17.6 Å². The fraction of sp³-hybridized carbons (Fsp3) is 0.182. The van der Waals surface area contributed by atoms with Gasteiger partial charge in [0, 0.05) is 0 Å². The third-order valence-corrected chi connectivity index (χ3v) is 3.27. The Morgan fingerprint density at radius 3 is 3.22 bits per heavy atom. The summed E-state index contributed by atoms with van der Waals surface area (Å²) in [6, 6.07) is 3.29. The minimum Gasteiger partial charge on any atom is -0.459 e. The Morgan fingerprint density at radius 1 is 1.61 bits per heavy atom. The molecule has 1 N–H and O–H groups in total. The summed E-state index contributed by atoms with van der Waals surface area (Å²) in [4.78, 5) is 16.8. The highest BCUT2D eigenvalue weighted by atomic mass is 32.1. The highest BCUT2D eigenvalue weighted by Gasteiger charge is 2.10. The molecule has 92 valence electrons. The van der Waals surface area contributed by atoms with Gasteiger partial charge in [-0.05, 0) is 19.1 Å². The number of nitrogens with one attached hydrogen (secondary N) is 1. The molecule has 3 aromatic heterocycles. The largest absolute Gasteiger partial charge is 0.459 e. The number of rotatable bonds is 3. The van der Waals surface area contributed by atoms with Crippen LogP contribution >= 0.6 is 11.3 Å². The number of hydrogen-bond donors (Lipinski definition) is 1. The molecule has 3 aromatic rings. The smallest absolute Gasteiger partial charge is 0.287 e. The van der Waals surface area contributed by atoms with Crippen LogP contribution in [-0.4, -0.2) is 20.5 Å². The maximum Gasteiger partial charge on any atom is 0.287 e. The predicted octanol–water partition coefficient (Wildman–Crippen LogP) is 1.62. The Hall–Kier alpha value is -2.15. The number of carbonyl (C=O) groups excluding carboxylic acids is 1. The number of aryl methyl sites for hydroxylation is 1. The molecule has 0 saturated heterocycles. The zero-order valence-electron chi connectivity index (χ0n) is 9.58. The van der Waals surface area contributed by atoms with Gasteiger partial charge in [0.05, 0.1) is 24.7 Å². The summed E-state index contributed by atoms with van der Waals surface area (Å²) < 4.78 is 6.71. The maximum atomic E-state index is 11.6. The van der Waals surface area contributed by atoms with Gasteiger partial charge in [0.25, 0.3) is 5.91 Å². The fourth-order valence-electron chi connectivity index (χ4n) is 1.57. The van der Waals surface area contributed by atoms with Crippen molar-refractivity contribution in [3.05, 3.63) is 41.1 Å². The summed E-state index contributed by atoms with van der Waals surface area (Å²) in [5.74, 6) is 0.0520. The molecule has 0 aromatic carbocycles. The SMILES string of the molecule is Cc1cn2nc(CNC(=O)c3ccco3)sc2n1. The molecular formula is C11H10N4O2S. The number of imidazole rings is 1. The van der Waals surface area contributed by atoms with Gasteiger partial charge < -0.3 is 9.73 Å². The van der Waals surface area contributed by atoms with Gasteiger partial charge in [-0.25, -0.2) is 9.50 Å². The van der Waals surface area contributed by atoms with Crippen molar-refractivity contribution in [3.63, 3.8) is 0 Å². The van der Waals surface area contributed by atoms with Crippen molar-refractivity contribution in [1.82, 2.24) is 19.9 Å². The normalized spacial score (nSPS) is 10.9. The minimum absolute atomic E-state index is 0.246. The summed E-state index contributed by atoms with van der Waals surface area (Å²) >= 11 is 1.45. The van der Waals surface area contributed by atoms with Crippen LogP contribution in [0.1, 0.15) is 21.3 Å². The van der Waals surface area contributed by atoms with Crippen molar-refractivity contribution in [2.75, 3.05) is 0 Å². The molecule has 18 heavy (non-hydrogen) atoms. The van der Waals surface area contributed by atoms with E-state index in [0.29, 0.717) is 12.3 Å². The molecule has 0 radical (unpaired) electrons. The van der Waals surface area contributed by atoms with Crippen molar-refractivity contribution in [2.45, 2.75) is 13.5 Å². The second-order valence-electron chi connectivity index (χ2n) is 3.77. The molecule has 6 nitrogen and oxygen atoms in total. The second-order valence-corrected chi connectivity index (χ2v) is 4.81. The summed E-state index contributed by atoms with van der Waals surface area (Å²) in [6.07, 6.45) is 3.32. The van der Waals surface area contributed by atoms with Crippen molar-refractivity contribution in [3.8, 4) is 0 Å². The van der Waals surface area contributed by atoms with E-state index in [9.17, 15) is 4.79 Å². The molecule has 7 heteroatoms. The molecule has 0 aliphatic carbocycles. The van der Waals surface area contributed by atoms with Gasteiger partial charge in [-0.2, -0.15) is 5.10 Å². The minimum atomic E-state index is -0.246. The zero-order valence-corrected chi connectivity index (χ0v) is 10.4. The van der Waals surface area contributed by atoms with Crippen LogP contribution in [0.15, 0.2) is 29.0 Å². The molecule has 0 aliphatic heterocycles. The molecule has 0 bridgehead atoms. The molecular weight excluding hydrogens is 252 g/mol. The molecule has 0 spiro atoms. The van der Waals surface area contributed by atoms with Gasteiger partial charge in [0.15, 0.2) is 5.76 Å². The predicted molar refractivity (Wildman–Crippen MR) is 65.5 cm³/mol. The quantitative estimate of drug-likeness (QED) is 0.778. The summed E-state index contributed by atoms with van der Waals surface area (Å²) in [5.41, 5.74) is 0.930. The average Bonchev–Trinajstić information content (AvgIpc) is 3.00. The van der Waals surface area contributed by atoms with Gasteiger partial charge >= 0.3 is 0 Å². The van der Waals surface area contributed by atoms with Crippen LogP contribution in [0.2, 0.25) is 0 Å². The number of furan rings is 1. The van der Waals surface area contributed by atoms with Gasteiger partial charge in [0.2, 0.25) is 4.96 Å². The third-order valence-electron chi connectivity index (χ3n) is 2.35. The summed E-state index contributed by atoms with van der Waals surface area (Å²) in [6.45, 7) is 2.28. The number of hydrogen-bond acceptors (Lipinski definition) is 5. The lowest BCUT2D eigenvalue weighted by Crippen LogP contribution is -2.22. The molecule has 0 atom stereocenters. The number of aromatic nitrogens is 3. The lowest BCUT2D eigenvalue weighted by Gasteiger charge is -1.98. The highest BCUT2D eigenvalue weighted by molar-refractivity contribution is 7.16. The second kappa shape index (κ2) is 4.26. The van der Waals surface area contributed by atoms with E-state index in [0.717, 1.165) is 15.7 Å². The monoisotopic (exact) mass is 262 g/mol. The Morgan fingerprint density at radius 2 is 2.50 bits per heavy atom. The molecule has 0 saturated carbocycles. The Kier molecular flexibility index (Phi) is 2.60. The number of carbonyl (C=O) groups is 1. The fourth-order valence-corrected chi connectivity index (χ4v) is 2.43. The van der Waals surface area contributed by atoms with Crippen LogP contribution in [0.5, 0.6) is 0 Å². The van der Waals surface area contributed by atoms with Crippen LogP contribution in [0.3, 0.4) is 0 Å². The van der Waals surface area contributed by atoms with E-state index < -0.39 is 0 Å². The Bertz CT molecular complexity index is 652. The van der Waals surface area contributed by atoms with Crippen LogP contribution < -0.4 is 5.32 Å². The number of amides is 1. The Balaban J connectivity index is 1.69. The van der Waals surface area contributed by atoms with Crippen LogP contribution in [0.25, 0.3) is 4.96 Å². The zero-order chi connectivity index (χ0) is 12.5. The van der Waals surface area contributed by atoms with Gasteiger partial charge in [-0.15, -0.1) is 0 Å². The van der Waals surface area contributed by atoms with Crippen molar-refractivity contribution in [1.29, 1.82) is 0 Å². The van der Waals surface area contributed by atoms with E-state index in [-0.39, 0.29) is 5.91 Å². The van der Waals surface area contributed by atoms with Crippen LogP contribution in [0.4, 0.5) is 0 Å². The Labute approximate surface area is 106 Å². The highest BCUT2D eigenvalue weighted by Crippen LogP contribution is 2.14. The van der Waals surface area contributed by atoms with Crippen molar-refractivity contribution >= 4 is 22.2 Å². The van der Waals surface area contributed by atoms with E-state index >= 15 is 0 Å². The van der Waals surface area contributed by atoms with Gasteiger partial charge in [-0.1, -0.05) is 11.3 Å². The number of fused-ring (bicyclic) bond motifs is 1. The average molecular weight is 262 g/mol. The van der Waals surface area contributed by atoms with Crippen molar-refractivity contribution in [2.24, 2.45) is 0 Å². The van der Waals surface area contributed by atoms with Crippen LogP contribution in [-0.2, 0) is 6.54 Å². The standard InChI is InChI=1S/C11H10N4O2S/c1-7-6-15-11(13-7)18-9(14-15)5-12-10(16)8-3-2-4-17-8/h2-4,6H,5H2,1H3,(H,12,16). The number of nitrogens with zero attached hydrogens (tertiary/aromatic N) is 3. The first-order valence-corrected chi connectivity index (χ1v) is 6.17. The molecule has 0 unspecified atom stereocenters. The first kappa shape index (κ1) is 11.0. The van der Waals surface area contributed by atoms with Crippen LogP contribution in [0, 0.1) is 6.92 Å². The molecule has 3 heterocycles. The first-order chi connectivity index (χ1) is 8.72. The molecule has 3 rings (SSSR count). The van der Waals surface area contributed by atoms with Gasteiger partial charge in [-0.3, -0.25) is 4.79 Å². The third kappa shape index (κ3) is 2.00. The molecule has 0 fully saturated rings. The maximum absolute atomic E-state index is 11.6. The lowest BCUT2D eigenvalue weighted by atomic mass is 10.4. The van der Waals surface area contributed by atoms with E-state index in [1.54, 1.807) is 16.6 Å². The molecule has 1 amide bonds. The van der Waals surface area contributed by atoms with Crippen molar-refractivity contribution < 1.29 is 9.21 Å². The summed E-state index contributed by atoms with van der Waals surface area (Å²) in [5, 5.41) is 7.86. The molecule has 0 aliphatic rings. The van der Waals surface area contributed by atoms with E-state index in [2.05, 4.69) is 15.4 Å².